The van der Waals surface area contributed by atoms with Crippen LogP contribution < -0.4 is 4.72 Å². The molecule has 0 saturated carbocycles. The van der Waals surface area contributed by atoms with Crippen LogP contribution in [-0.4, -0.2) is 21.5 Å². The van der Waals surface area contributed by atoms with Crippen molar-refractivity contribution in [3.8, 4) is 0 Å². The molecule has 1 N–H and O–H groups in total. The van der Waals surface area contributed by atoms with Gasteiger partial charge in [0.15, 0.2) is 0 Å². The van der Waals surface area contributed by atoms with E-state index in [2.05, 4.69) is 9.46 Å². The number of nitrogens with one attached hydrogen (secondary N) is 1. The van der Waals surface area contributed by atoms with E-state index in [0.29, 0.717) is 0 Å². The molecule has 10 heteroatoms. The summed E-state index contributed by atoms with van der Waals surface area (Å²) in [5, 5.41) is -0.218. The summed E-state index contributed by atoms with van der Waals surface area (Å²) in [4.78, 5) is 11.1. The Bertz CT molecular complexity index is 929. The highest BCUT2D eigenvalue weighted by Gasteiger charge is 2.30. The molecule has 0 saturated heterocycles. The van der Waals surface area contributed by atoms with Crippen LogP contribution in [0.25, 0.3) is 0 Å². The van der Waals surface area contributed by atoms with Crippen LogP contribution in [0.1, 0.15) is 21.5 Å². The predicted molar refractivity (Wildman–Crippen MR) is 88.3 cm³/mol. The molecule has 0 radical (unpaired) electrons. The van der Waals surface area contributed by atoms with Gasteiger partial charge in [-0.15, -0.1) is 0 Å². The fourth-order valence-electron chi connectivity index (χ4n) is 2.08. The van der Waals surface area contributed by atoms with Gasteiger partial charge >= 0.3 is 12.1 Å². The van der Waals surface area contributed by atoms with Crippen LogP contribution in [0.5, 0.6) is 0 Å². The monoisotopic (exact) mass is 407 g/mol. The van der Waals surface area contributed by atoms with Crippen molar-refractivity contribution in [2.45, 2.75) is 17.6 Å². The van der Waals surface area contributed by atoms with Crippen LogP contribution in [0, 0.1) is 0 Å². The summed E-state index contributed by atoms with van der Waals surface area (Å²) < 4.78 is 69.4. The molecule has 0 bridgehead atoms. The molecule has 5 nitrogen and oxygen atoms in total. The number of alkyl halides is 3. The summed E-state index contributed by atoms with van der Waals surface area (Å²) in [7, 11) is -2.94. The number of rotatable bonds is 5. The van der Waals surface area contributed by atoms with Gasteiger partial charge in [0, 0.05) is 6.54 Å². The van der Waals surface area contributed by atoms with Gasteiger partial charge in [-0.25, -0.2) is 17.9 Å². The second-order valence-corrected chi connectivity index (χ2v) is 7.30. The molecule has 2 aromatic rings. The first kappa shape index (κ1) is 20.2. The van der Waals surface area contributed by atoms with Crippen molar-refractivity contribution < 1.29 is 31.1 Å². The number of esters is 1. The van der Waals surface area contributed by atoms with E-state index in [1.54, 1.807) is 0 Å². The van der Waals surface area contributed by atoms with Crippen LogP contribution in [0.15, 0.2) is 47.4 Å². The summed E-state index contributed by atoms with van der Waals surface area (Å²) in [5.74, 6) is -0.687. The maximum absolute atomic E-state index is 12.7. The van der Waals surface area contributed by atoms with Crippen LogP contribution in [0.3, 0.4) is 0 Å². The summed E-state index contributed by atoms with van der Waals surface area (Å²) in [6.07, 6.45) is -4.53. The van der Waals surface area contributed by atoms with Crippen LogP contribution in [0.2, 0.25) is 5.02 Å². The van der Waals surface area contributed by atoms with Crippen LogP contribution in [-0.2, 0) is 27.5 Å². The Morgan fingerprint density at radius 2 is 1.88 bits per heavy atom. The average Bonchev–Trinajstić information content (AvgIpc) is 2.58. The van der Waals surface area contributed by atoms with Crippen molar-refractivity contribution in [1.29, 1.82) is 0 Å². The van der Waals surface area contributed by atoms with E-state index in [9.17, 15) is 26.4 Å². The highest BCUT2D eigenvalue weighted by Crippen LogP contribution is 2.29. The molecule has 0 aliphatic heterocycles. The van der Waals surface area contributed by atoms with Gasteiger partial charge in [-0.05, 0) is 29.8 Å². The number of hydrogen-bond donors (Lipinski definition) is 1. The minimum Gasteiger partial charge on any atom is -0.465 e. The second-order valence-electron chi connectivity index (χ2n) is 5.16. The highest BCUT2D eigenvalue weighted by atomic mass is 35.5. The molecule has 2 aromatic carbocycles. The van der Waals surface area contributed by atoms with Gasteiger partial charge in [-0.3, -0.25) is 0 Å². The number of carbonyl (C=O) groups excluding carboxylic acids is 1. The summed E-state index contributed by atoms with van der Waals surface area (Å²) in [6.45, 7) is -0.360. The Labute approximate surface area is 152 Å². The van der Waals surface area contributed by atoms with E-state index in [0.717, 1.165) is 31.4 Å². The maximum Gasteiger partial charge on any atom is 0.416 e. The first-order valence-corrected chi connectivity index (χ1v) is 8.94. The molecule has 0 amide bonds. The fraction of sp³-hybridized carbons (Fsp3) is 0.188. The molecule has 2 rings (SSSR count). The Kier molecular flexibility index (Phi) is 5.94. The lowest BCUT2D eigenvalue weighted by Crippen LogP contribution is -2.24. The number of sulfonamides is 1. The summed E-state index contributed by atoms with van der Waals surface area (Å²) in [6, 6.07) is 7.75. The molecular formula is C16H13ClF3NO4S. The smallest absolute Gasteiger partial charge is 0.416 e. The zero-order valence-electron chi connectivity index (χ0n) is 13.3. The normalized spacial score (nSPS) is 12.0. The lowest BCUT2D eigenvalue weighted by Gasteiger charge is -2.11. The number of ether oxygens (including phenoxy) is 1. The molecule has 0 aliphatic rings. The SMILES string of the molecule is COC(=O)c1ccc(S(=O)(=O)NCc2cccc(C(F)(F)F)c2)c(Cl)c1. The van der Waals surface area contributed by atoms with Gasteiger partial charge in [-0.1, -0.05) is 29.8 Å². The zero-order chi connectivity index (χ0) is 19.5. The molecule has 0 spiro atoms. The zero-order valence-corrected chi connectivity index (χ0v) is 14.9. The Morgan fingerprint density at radius 3 is 2.46 bits per heavy atom. The molecular weight excluding hydrogens is 395 g/mol. The predicted octanol–water partition coefficient (Wildman–Crippen LogP) is 3.62. The highest BCUT2D eigenvalue weighted by molar-refractivity contribution is 7.89. The van der Waals surface area contributed by atoms with E-state index in [4.69, 9.17) is 11.6 Å². The first-order valence-electron chi connectivity index (χ1n) is 7.08. The van der Waals surface area contributed by atoms with E-state index in [-0.39, 0.29) is 27.6 Å². The van der Waals surface area contributed by atoms with E-state index in [1.807, 2.05) is 0 Å². The summed E-state index contributed by atoms with van der Waals surface area (Å²) >= 11 is 5.91. The molecule has 0 aromatic heterocycles. The van der Waals surface area contributed by atoms with Gasteiger partial charge in [0.25, 0.3) is 0 Å². The third-order valence-electron chi connectivity index (χ3n) is 3.36. The van der Waals surface area contributed by atoms with Gasteiger partial charge in [0.2, 0.25) is 10.0 Å². The summed E-state index contributed by atoms with van der Waals surface area (Å²) in [5.41, 5.74) is -0.685. The van der Waals surface area contributed by atoms with Crippen molar-refractivity contribution >= 4 is 27.6 Å². The van der Waals surface area contributed by atoms with Crippen LogP contribution >= 0.6 is 11.6 Å². The minimum absolute atomic E-state index is 0.0642. The molecule has 140 valence electrons. The van der Waals surface area contributed by atoms with Crippen LogP contribution in [0.4, 0.5) is 13.2 Å². The third kappa shape index (κ3) is 4.75. The number of hydrogen-bond acceptors (Lipinski definition) is 4. The van der Waals surface area contributed by atoms with Crippen molar-refractivity contribution in [2.24, 2.45) is 0 Å². The van der Waals surface area contributed by atoms with Gasteiger partial charge in [-0.2, -0.15) is 13.2 Å². The van der Waals surface area contributed by atoms with E-state index >= 15 is 0 Å². The molecule has 0 heterocycles. The second kappa shape index (κ2) is 7.65. The van der Waals surface area contributed by atoms with Gasteiger partial charge in [0.1, 0.15) is 4.90 Å². The Hall–Kier alpha value is -2.10. The van der Waals surface area contributed by atoms with Crippen molar-refractivity contribution in [1.82, 2.24) is 4.72 Å². The lowest BCUT2D eigenvalue weighted by molar-refractivity contribution is -0.137. The molecule has 26 heavy (non-hydrogen) atoms. The largest absolute Gasteiger partial charge is 0.465 e. The fourth-order valence-corrected chi connectivity index (χ4v) is 3.64. The minimum atomic E-state index is -4.53. The topological polar surface area (TPSA) is 72.5 Å². The standard InChI is InChI=1S/C16H13ClF3NO4S/c1-25-15(22)11-5-6-14(13(17)8-11)26(23,24)21-9-10-3-2-4-12(7-10)16(18,19)20/h2-8,21H,9H2,1H3. The number of halogens is 4. The van der Waals surface area contributed by atoms with Gasteiger partial charge < -0.3 is 4.74 Å². The maximum atomic E-state index is 12.7. The van der Waals surface area contributed by atoms with Crippen molar-refractivity contribution in [2.75, 3.05) is 7.11 Å². The molecule has 0 atom stereocenters. The van der Waals surface area contributed by atoms with Crippen molar-refractivity contribution in [3.05, 3.63) is 64.2 Å². The van der Waals surface area contributed by atoms with E-state index in [1.165, 1.54) is 18.2 Å². The van der Waals surface area contributed by atoms with Gasteiger partial charge in [0.05, 0.1) is 23.3 Å². The number of carbonyl (C=O) groups is 1. The number of benzene rings is 2. The number of methoxy groups -OCH3 is 1. The lowest BCUT2D eigenvalue weighted by atomic mass is 10.1. The quantitative estimate of drug-likeness (QED) is 0.768. The average molecular weight is 408 g/mol. The van der Waals surface area contributed by atoms with Crippen molar-refractivity contribution in [3.63, 3.8) is 0 Å². The molecule has 0 aliphatic carbocycles. The Balaban J connectivity index is 2.21. The first-order chi connectivity index (χ1) is 12.0. The molecule has 0 unspecified atom stereocenters. The molecule has 0 fully saturated rings. The third-order valence-corrected chi connectivity index (χ3v) is 5.25. The van der Waals surface area contributed by atoms with E-state index < -0.39 is 27.7 Å². The Morgan fingerprint density at radius 1 is 1.19 bits per heavy atom.